The SMILES string of the molecule is COc1ccc(Cl)cc1NC(=O)C(C)OC(=O)CN1C(=O)C2CCCCC2C1=O. The molecule has 0 aromatic heterocycles. The summed E-state index contributed by atoms with van der Waals surface area (Å²) < 4.78 is 10.3. The van der Waals surface area contributed by atoms with Crippen molar-refractivity contribution in [1.82, 2.24) is 4.90 Å². The molecule has 1 aliphatic carbocycles. The van der Waals surface area contributed by atoms with Crippen LogP contribution in [0.5, 0.6) is 5.75 Å². The van der Waals surface area contributed by atoms with Gasteiger partial charge in [-0.2, -0.15) is 0 Å². The maximum Gasteiger partial charge on any atom is 0.326 e. The van der Waals surface area contributed by atoms with E-state index in [4.69, 9.17) is 21.1 Å². The highest BCUT2D eigenvalue weighted by Gasteiger charge is 2.48. The van der Waals surface area contributed by atoms with E-state index in [2.05, 4.69) is 5.32 Å². The highest BCUT2D eigenvalue weighted by molar-refractivity contribution is 6.31. The summed E-state index contributed by atoms with van der Waals surface area (Å²) in [5, 5.41) is 2.99. The molecule has 1 saturated carbocycles. The fraction of sp³-hybridized carbons (Fsp3) is 0.500. The zero-order valence-electron chi connectivity index (χ0n) is 16.3. The molecule has 29 heavy (non-hydrogen) atoms. The lowest BCUT2D eigenvalue weighted by Crippen LogP contribution is -2.39. The van der Waals surface area contributed by atoms with Crippen molar-refractivity contribution in [2.75, 3.05) is 19.0 Å². The predicted octanol–water partition coefficient (Wildman–Crippen LogP) is 2.39. The van der Waals surface area contributed by atoms with Crippen molar-refractivity contribution in [3.05, 3.63) is 23.2 Å². The quantitative estimate of drug-likeness (QED) is 0.558. The number of carbonyl (C=O) groups excluding carboxylic acids is 4. The lowest BCUT2D eigenvalue weighted by molar-refractivity contribution is -0.158. The normalized spacial score (nSPS) is 22.1. The standard InChI is InChI=1S/C20H23ClN2O6/c1-11(18(25)22-15-9-12(21)7-8-16(15)28-2)29-17(24)10-23-19(26)13-5-3-4-6-14(13)20(23)27/h7-9,11,13-14H,3-6,10H2,1-2H3,(H,22,25). The maximum atomic E-state index is 12.4. The molecule has 1 saturated heterocycles. The van der Waals surface area contributed by atoms with Gasteiger partial charge in [0.25, 0.3) is 5.91 Å². The predicted molar refractivity (Wildman–Crippen MR) is 104 cm³/mol. The number of amides is 3. The molecule has 9 heteroatoms. The number of carbonyl (C=O) groups is 4. The number of anilines is 1. The number of nitrogens with zero attached hydrogens (tertiary/aromatic N) is 1. The van der Waals surface area contributed by atoms with Crippen molar-refractivity contribution in [3.8, 4) is 5.75 Å². The van der Waals surface area contributed by atoms with Gasteiger partial charge in [0.1, 0.15) is 12.3 Å². The Morgan fingerprint density at radius 1 is 1.21 bits per heavy atom. The second-order valence-electron chi connectivity index (χ2n) is 7.23. The van der Waals surface area contributed by atoms with E-state index < -0.39 is 24.5 Å². The third-order valence-electron chi connectivity index (χ3n) is 5.32. The smallest absolute Gasteiger partial charge is 0.326 e. The molecular weight excluding hydrogens is 400 g/mol. The summed E-state index contributed by atoms with van der Waals surface area (Å²) in [7, 11) is 1.45. The van der Waals surface area contributed by atoms with Gasteiger partial charge in [0.15, 0.2) is 6.10 Å². The van der Waals surface area contributed by atoms with E-state index in [0.29, 0.717) is 29.3 Å². The Hall–Kier alpha value is -2.61. The van der Waals surface area contributed by atoms with Crippen molar-refractivity contribution < 1.29 is 28.7 Å². The number of esters is 1. The van der Waals surface area contributed by atoms with Crippen LogP contribution in [0.1, 0.15) is 32.6 Å². The van der Waals surface area contributed by atoms with Gasteiger partial charge in [0.05, 0.1) is 24.6 Å². The average Bonchev–Trinajstić information content (AvgIpc) is 2.93. The molecule has 3 amide bonds. The summed E-state index contributed by atoms with van der Waals surface area (Å²) in [6.07, 6.45) is 2.01. The van der Waals surface area contributed by atoms with Gasteiger partial charge in [0.2, 0.25) is 11.8 Å². The van der Waals surface area contributed by atoms with Crippen molar-refractivity contribution in [2.45, 2.75) is 38.7 Å². The average molecular weight is 423 g/mol. The van der Waals surface area contributed by atoms with Gasteiger partial charge in [0, 0.05) is 5.02 Å². The van der Waals surface area contributed by atoms with E-state index in [-0.39, 0.29) is 23.7 Å². The fourth-order valence-electron chi connectivity index (χ4n) is 3.82. The van der Waals surface area contributed by atoms with Crippen LogP contribution in [0.3, 0.4) is 0 Å². The van der Waals surface area contributed by atoms with Crippen LogP contribution < -0.4 is 10.1 Å². The van der Waals surface area contributed by atoms with Crippen molar-refractivity contribution in [2.24, 2.45) is 11.8 Å². The number of hydrogen-bond donors (Lipinski definition) is 1. The van der Waals surface area contributed by atoms with Gasteiger partial charge in [-0.1, -0.05) is 24.4 Å². The molecule has 1 aliphatic heterocycles. The summed E-state index contributed by atoms with van der Waals surface area (Å²) in [6, 6.07) is 4.72. The van der Waals surface area contributed by atoms with E-state index in [1.165, 1.54) is 20.1 Å². The second kappa shape index (κ2) is 8.82. The molecule has 156 valence electrons. The van der Waals surface area contributed by atoms with E-state index in [1.54, 1.807) is 12.1 Å². The van der Waals surface area contributed by atoms with Gasteiger partial charge in [-0.05, 0) is 38.0 Å². The fourth-order valence-corrected chi connectivity index (χ4v) is 3.99. The molecule has 1 aromatic carbocycles. The molecule has 0 bridgehead atoms. The molecule has 8 nitrogen and oxygen atoms in total. The minimum atomic E-state index is -1.14. The van der Waals surface area contributed by atoms with Crippen LogP contribution in [0.4, 0.5) is 5.69 Å². The molecule has 1 N–H and O–H groups in total. The van der Waals surface area contributed by atoms with Crippen LogP contribution in [-0.2, 0) is 23.9 Å². The lowest BCUT2D eigenvalue weighted by atomic mass is 9.81. The van der Waals surface area contributed by atoms with Gasteiger partial charge < -0.3 is 14.8 Å². The van der Waals surface area contributed by atoms with E-state index >= 15 is 0 Å². The molecular formula is C20H23ClN2O6. The number of methoxy groups -OCH3 is 1. The largest absolute Gasteiger partial charge is 0.495 e. The number of rotatable bonds is 6. The van der Waals surface area contributed by atoms with Crippen molar-refractivity contribution in [1.29, 1.82) is 0 Å². The highest BCUT2D eigenvalue weighted by atomic mass is 35.5. The van der Waals surface area contributed by atoms with Crippen molar-refractivity contribution >= 4 is 41.0 Å². The number of nitrogens with one attached hydrogen (secondary N) is 1. The molecule has 3 unspecified atom stereocenters. The summed E-state index contributed by atoms with van der Waals surface area (Å²) >= 11 is 5.93. The molecule has 3 atom stereocenters. The number of ether oxygens (including phenoxy) is 2. The number of imide groups is 1. The van der Waals surface area contributed by atoms with Crippen LogP contribution in [0, 0.1) is 11.8 Å². The van der Waals surface area contributed by atoms with E-state index in [1.807, 2.05) is 0 Å². The number of fused-ring (bicyclic) bond motifs is 1. The first-order valence-corrected chi connectivity index (χ1v) is 9.88. The summed E-state index contributed by atoms with van der Waals surface area (Å²) in [5.41, 5.74) is 0.335. The Balaban J connectivity index is 1.58. The Kier molecular flexibility index (Phi) is 6.42. The summed E-state index contributed by atoms with van der Waals surface area (Å²) in [4.78, 5) is 50.5. The molecule has 2 aliphatic rings. The molecule has 1 heterocycles. The Morgan fingerprint density at radius 2 is 1.83 bits per heavy atom. The zero-order chi connectivity index (χ0) is 21.1. The van der Waals surface area contributed by atoms with Gasteiger partial charge in [-0.15, -0.1) is 0 Å². The Morgan fingerprint density at radius 3 is 2.41 bits per heavy atom. The number of likely N-dealkylation sites (tertiary alicyclic amines) is 1. The van der Waals surface area contributed by atoms with Gasteiger partial charge >= 0.3 is 5.97 Å². The molecule has 1 aromatic rings. The first-order chi connectivity index (χ1) is 13.8. The lowest BCUT2D eigenvalue weighted by Gasteiger charge is -2.19. The number of benzene rings is 1. The van der Waals surface area contributed by atoms with Crippen molar-refractivity contribution in [3.63, 3.8) is 0 Å². The first-order valence-electron chi connectivity index (χ1n) is 9.51. The summed E-state index contributed by atoms with van der Waals surface area (Å²) in [6.45, 7) is 0.917. The topological polar surface area (TPSA) is 102 Å². The van der Waals surface area contributed by atoms with Crippen LogP contribution in [-0.4, -0.2) is 48.3 Å². The molecule has 2 fully saturated rings. The Labute approximate surface area is 173 Å². The maximum absolute atomic E-state index is 12.4. The number of hydrogen-bond acceptors (Lipinski definition) is 6. The first kappa shape index (κ1) is 21.1. The van der Waals surface area contributed by atoms with Crippen LogP contribution in [0.2, 0.25) is 5.02 Å². The third-order valence-corrected chi connectivity index (χ3v) is 5.55. The third kappa shape index (κ3) is 4.53. The summed E-state index contributed by atoms with van der Waals surface area (Å²) in [5.74, 6) is -2.31. The van der Waals surface area contributed by atoms with Crippen LogP contribution in [0.25, 0.3) is 0 Å². The monoisotopic (exact) mass is 422 g/mol. The van der Waals surface area contributed by atoms with Crippen LogP contribution in [0.15, 0.2) is 18.2 Å². The van der Waals surface area contributed by atoms with E-state index in [9.17, 15) is 19.2 Å². The van der Waals surface area contributed by atoms with E-state index in [0.717, 1.165) is 17.7 Å². The molecule has 0 spiro atoms. The van der Waals surface area contributed by atoms with Gasteiger partial charge in [-0.25, -0.2) is 0 Å². The second-order valence-corrected chi connectivity index (χ2v) is 7.66. The number of halogens is 1. The minimum Gasteiger partial charge on any atom is -0.495 e. The zero-order valence-corrected chi connectivity index (χ0v) is 17.0. The van der Waals surface area contributed by atoms with Crippen LogP contribution >= 0.6 is 11.6 Å². The minimum absolute atomic E-state index is 0.322. The van der Waals surface area contributed by atoms with Gasteiger partial charge in [-0.3, -0.25) is 24.1 Å². The highest BCUT2D eigenvalue weighted by Crippen LogP contribution is 2.37. The molecule has 3 rings (SSSR count). The molecule has 0 radical (unpaired) electrons. The Bertz CT molecular complexity index is 818.